The molecule has 2 aromatic rings. The van der Waals surface area contributed by atoms with Crippen LogP contribution in [0, 0.1) is 37.5 Å². The topological polar surface area (TPSA) is 80.8 Å². The molecule has 3 aliphatic rings. The Bertz CT molecular complexity index is 1200. The molecule has 2 aromatic carbocycles. The number of anilines is 1. The first-order valence-electron chi connectivity index (χ1n) is 11.2. The number of aryl methyl sites for hydroxylation is 2. The van der Waals surface area contributed by atoms with Crippen LogP contribution in [-0.4, -0.2) is 39.8 Å². The Labute approximate surface area is 214 Å². The van der Waals surface area contributed by atoms with Crippen molar-refractivity contribution in [1.29, 1.82) is 0 Å². The number of para-hydroxylation sites is 1. The average molecular weight is 589 g/mol. The number of nitrogens with zero attached hydrogens (tertiary/aromatic N) is 1. The van der Waals surface area contributed by atoms with Gasteiger partial charge in [-0.2, -0.15) is 0 Å². The molecule has 5 rings (SSSR count). The number of Topliss-reactive ketones (excluding diaryl/α,β-unsaturated/α-hetero) is 1. The van der Waals surface area contributed by atoms with Crippen LogP contribution in [0.2, 0.25) is 0 Å². The zero-order valence-electron chi connectivity index (χ0n) is 18.7. The molecule has 6 atom stereocenters. The van der Waals surface area contributed by atoms with Gasteiger partial charge in [-0.05, 0) is 61.4 Å². The van der Waals surface area contributed by atoms with E-state index >= 15 is 0 Å². The molecule has 1 saturated heterocycles. The van der Waals surface area contributed by atoms with E-state index in [1.54, 1.807) is 30.3 Å². The Morgan fingerprint density at radius 3 is 2.18 bits per heavy atom. The number of ketones is 1. The molecule has 176 valence electrons. The number of amides is 2. The fourth-order valence-electron chi connectivity index (χ4n) is 5.63. The number of rotatable bonds is 5. The Balaban J connectivity index is 1.36. The molecule has 2 amide bonds. The molecule has 0 spiro atoms. The van der Waals surface area contributed by atoms with Gasteiger partial charge in [0.15, 0.2) is 12.4 Å². The molecule has 2 bridgehead atoms. The van der Waals surface area contributed by atoms with Gasteiger partial charge >= 0.3 is 5.97 Å². The molecule has 0 N–H and O–H groups in total. The van der Waals surface area contributed by atoms with Crippen LogP contribution in [0.1, 0.15) is 38.3 Å². The van der Waals surface area contributed by atoms with E-state index in [1.165, 1.54) is 6.07 Å². The minimum atomic E-state index is -0.745. The zero-order valence-corrected chi connectivity index (χ0v) is 21.8. The van der Waals surface area contributed by atoms with E-state index in [1.807, 2.05) is 19.9 Å². The highest BCUT2D eigenvalue weighted by Gasteiger charge is 2.66. The van der Waals surface area contributed by atoms with Crippen LogP contribution >= 0.6 is 31.9 Å². The quantitative estimate of drug-likeness (QED) is 0.220. The largest absolute Gasteiger partial charge is 0.454 e. The van der Waals surface area contributed by atoms with Gasteiger partial charge in [-0.25, -0.2) is 9.69 Å². The van der Waals surface area contributed by atoms with Gasteiger partial charge in [0.2, 0.25) is 11.8 Å². The molecular formula is C26H23Br2NO5. The van der Waals surface area contributed by atoms with E-state index in [4.69, 9.17) is 4.74 Å². The second-order valence-corrected chi connectivity index (χ2v) is 11.4. The number of fused-ring (bicyclic) bond motifs is 5. The van der Waals surface area contributed by atoms with Crippen molar-refractivity contribution in [2.24, 2.45) is 23.7 Å². The van der Waals surface area contributed by atoms with Gasteiger partial charge in [0.1, 0.15) is 0 Å². The second-order valence-electron chi connectivity index (χ2n) is 9.33. The fraction of sp³-hybridized carbons (Fsp3) is 0.385. The maximum atomic E-state index is 13.4. The van der Waals surface area contributed by atoms with Crippen LogP contribution in [0.3, 0.4) is 0 Å². The lowest BCUT2D eigenvalue weighted by molar-refractivity contribution is -0.123. The molecule has 1 heterocycles. The summed E-state index contributed by atoms with van der Waals surface area (Å²) in [5.74, 6) is -2.20. The third-order valence-corrected chi connectivity index (χ3v) is 10.7. The fourth-order valence-corrected chi connectivity index (χ4v) is 7.51. The van der Waals surface area contributed by atoms with Gasteiger partial charge < -0.3 is 4.74 Å². The second kappa shape index (κ2) is 8.72. The van der Waals surface area contributed by atoms with Crippen molar-refractivity contribution in [3.05, 3.63) is 64.7 Å². The maximum absolute atomic E-state index is 13.4. The van der Waals surface area contributed by atoms with Crippen molar-refractivity contribution >= 4 is 61.1 Å². The number of alkyl halides is 2. The predicted molar refractivity (Wildman–Crippen MR) is 133 cm³/mol. The van der Waals surface area contributed by atoms with Crippen molar-refractivity contribution in [1.82, 2.24) is 0 Å². The Kier molecular flexibility index (Phi) is 6.01. The average Bonchev–Trinajstić information content (AvgIpc) is 3.43. The van der Waals surface area contributed by atoms with Gasteiger partial charge in [-0.1, -0.05) is 56.1 Å². The number of hydrogen-bond acceptors (Lipinski definition) is 5. The van der Waals surface area contributed by atoms with Crippen molar-refractivity contribution in [3.63, 3.8) is 0 Å². The molecule has 6 nitrogen and oxygen atoms in total. The van der Waals surface area contributed by atoms with E-state index in [2.05, 4.69) is 31.9 Å². The monoisotopic (exact) mass is 587 g/mol. The highest BCUT2D eigenvalue weighted by Crippen LogP contribution is 2.60. The number of carbonyl (C=O) groups is 4. The predicted octanol–water partition coefficient (Wildman–Crippen LogP) is 4.63. The van der Waals surface area contributed by atoms with E-state index in [9.17, 15) is 19.2 Å². The smallest absolute Gasteiger partial charge is 0.340 e. The SMILES string of the molecule is Cc1ccc(C(=O)COC(=O)c2ccccc2N2C(=O)[C@@H]3[C@H]4C[C@@H]([C@H](Br)[C@@H]4Br)[C@@H]3C2=O)cc1C. The Hall–Kier alpha value is -2.32. The van der Waals surface area contributed by atoms with Crippen molar-refractivity contribution in [3.8, 4) is 0 Å². The minimum Gasteiger partial charge on any atom is -0.454 e. The van der Waals surface area contributed by atoms with Gasteiger partial charge in [0.25, 0.3) is 0 Å². The third-order valence-electron chi connectivity index (χ3n) is 7.52. The van der Waals surface area contributed by atoms with Gasteiger partial charge in [-0.3, -0.25) is 14.4 Å². The highest BCUT2D eigenvalue weighted by atomic mass is 79.9. The number of benzene rings is 2. The van der Waals surface area contributed by atoms with Crippen LogP contribution in [0.4, 0.5) is 5.69 Å². The third kappa shape index (κ3) is 3.57. The van der Waals surface area contributed by atoms with E-state index in [0.29, 0.717) is 5.56 Å². The summed E-state index contributed by atoms with van der Waals surface area (Å²) in [6.45, 7) is 3.44. The van der Waals surface area contributed by atoms with Crippen LogP contribution in [-0.2, 0) is 14.3 Å². The zero-order chi connectivity index (χ0) is 24.3. The minimum absolute atomic E-state index is 0.0792. The van der Waals surface area contributed by atoms with Crippen molar-refractivity contribution < 1.29 is 23.9 Å². The van der Waals surface area contributed by atoms with E-state index in [0.717, 1.165) is 22.4 Å². The van der Waals surface area contributed by atoms with E-state index in [-0.39, 0.29) is 62.2 Å². The summed E-state index contributed by atoms with van der Waals surface area (Å²) in [5, 5.41) is 0. The summed E-state index contributed by atoms with van der Waals surface area (Å²) >= 11 is 7.37. The molecule has 2 aliphatic carbocycles. The molecule has 0 aromatic heterocycles. The summed E-state index contributed by atoms with van der Waals surface area (Å²) in [6, 6.07) is 11.7. The molecule has 0 unspecified atom stereocenters. The van der Waals surface area contributed by atoms with Crippen LogP contribution < -0.4 is 4.90 Å². The van der Waals surface area contributed by atoms with Gasteiger partial charge in [0, 0.05) is 15.2 Å². The number of carbonyl (C=O) groups excluding carboxylic acids is 4. The lowest BCUT2D eigenvalue weighted by atomic mass is 9.81. The lowest BCUT2D eigenvalue weighted by Crippen LogP contribution is -2.37. The molecule has 3 fully saturated rings. The highest BCUT2D eigenvalue weighted by molar-refractivity contribution is 9.12. The maximum Gasteiger partial charge on any atom is 0.340 e. The van der Waals surface area contributed by atoms with Gasteiger partial charge in [-0.15, -0.1) is 0 Å². The van der Waals surface area contributed by atoms with Crippen molar-refractivity contribution in [2.45, 2.75) is 29.9 Å². The first-order chi connectivity index (χ1) is 16.2. The summed E-state index contributed by atoms with van der Waals surface area (Å²) in [5.41, 5.74) is 2.82. The molecule has 1 aliphatic heterocycles. The number of esters is 1. The van der Waals surface area contributed by atoms with E-state index < -0.39 is 12.6 Å². The lowest BCUT2D eigenvalue weighted by Gasteiger charge is -2.28. The summed E-state index contributed by atoms with van der Waals surface area (Å²) < 4.78 is 5.32. The standard InChI is InChI=1S/C26H23Br2NO5/c1-12-7-8-14(9-13(12)2)19(30)11-34-26(33)15-5-3-4-6-18(15)29-24(31)20-16-10-17(21(20)25(29)32)23(28)22(16)27/h3-9,16-17,20-23H,10-11H2,1-2H3/t16-,17-,20-,21+,22-,23+/m1/s1. The molecule has 0 radical (unpaired) electrons. The van der Waals surface area contributed by atoms with Crippen LogP contribution in [0.5, 0.6) is 0 Å². The molecule has 34 heavy (non-hydrogen) atoms. The number of ether oxygens (including phenoxy) is 1. The number of imide groups is 1. The first kappa shape index (κ1) is 23.4. The number of halogens is 2. The summed E-state index contributed by atoms with van der Waals surface area (Å²) in [4.78, 5) is 53.7. The Morgan fingerprint density at radius 2 is 1.56 bits per heavy atom. The molecule has 2 saturated carbocycles. The van der Waals surface area contributed by atoms with Crippen LogP contribution in [0.15, 0.2) is 42.5 Å². The normalized spacial score (nSPS) is 29.5. The number of hydrogen-bond donors (Lipinski definition) is 0. The first-order valence-corrected chi connectivity index (χ1v) is 13.1. The molecule has 8 heteroatoms. The molecular weight excluding hydrogens is 566 g/mol. The summed E-state index contributed by atoms with van der Waals surface area (Å²) in [6.07, 6.45) is 0.830. The van der Waals surface area contributed by atoms with Gasteiger partial charge in [0.05, 0.1) is 23.1 Å². The van der Waals surface area contributed by atoms with Crippen LogP contribution in [0.25, 0.3) is 0 Å². The summed E-state index contributed by atoms with van der Waals surface area (Å²) in [7, 11) is 0. The van der Waals surface area contributed by atoms with Crippen molar-refractivity contribution in [2.75, 3.05) is 11.5 Å². The Morgan fingerprint density at radius 1 is 0.941 bits per heavy atom.